The topological polar surface area (TPSA) is 68.8 Å². The molecular weight excluding hydrogens is 521 g/mol. The molecule has 2 aromatic rings. The summed E-state index contributed by atoms with van der Waals surface area (Å²) >= 11 is 1.84. The van der Waals surface area contributed by atoms with E-state index >= 15 is 0 Å². The minimum Gasteiger partial charge on any atom is -0.356 e. The van der Waals surface area contributed by atoms with Crippen molar-refractivity contribution in [2.75, 3.05) is 40.3 Å². The number of nitrogens with one attached hydrogen (secondary N) is 3. The SMILES string of the molecule is CN=C(NCCc1cccc(C(=O)NC)c1)NCC1CCCN(Cc2cccs2)C1.I. The second kappa shape index (κ2) is 13.7. The molecule has 3 N–H and O–H groups in total. The van der Waals surface area contributed by atoms with Crippen molar-refractivity contribution in [2.45, 2.75) is 25.8 Å². The van der Waals surface area contributed by atoms with Gasteiger partial charge < -0.3 is 16.0 Å². The highest BCUT2D eigenvalue weighted by atomic mass is 127. The molecule has 1 aliphatic heterocycles. The molecule has 1 aromatic carbocycles. The van der Waals surface area contributed by atoms with Gasteiger partial charge in [0, 0.05) is 50.7 Å². The Hall–Kier alpha value is -1.65. The van der Waals surface area contributed by atoms with E-state index in [0.717, 1.165) is 44.1 Å². The molecule has 1 amide bonds. The van der Waals surface area contributed by atoms with Crippen LogP contribution in [0.4, 0.5) is 0 Å². The van der Waals surface area contributed by atoms with Crippen LogP contribution in [0.1, 0.15) is 33.6 Å². The molecule has 1 saturated heterocycles. The highest BCUT2D eigenvalue weighted by Crippen LogP contribution is 2.19. The molecule has 1 fully saturated rings. The van der Waals surface area contributed by atoms with Gasteiger partial charge in [0.15, 0.2) is 5.96 Å². The Morgan fingerprint density at radius 3 is 2.87 bits per heavy atom. The third-order valence-electron chi connectivity index (χ3n) is 5.47. The lowest BCUT2D eigenvalue weighted by atomic mass is 9.98. The van der Waals surface area contributed by atoms with Gasteiger partial charge in [0.2, 0.25) is 0 Å². The molecule has 0 radical (unpaired) electrons. The zero-order chi connectivity index (χ0) is 21.2. The van der Waals surface area contributed by atoms with Gasteiger partial charge >= 0.3 is 0 Å². The molecular formula is C23H34IN5OS. The van der Waals surface area contributed by atoms with Crippen LogP contribution in [0.25, 0.3) is 0 Å². The van der Waals surface area contributed by atoms with E-state index in [0.29, 0.717) is 11.5 Å². The first-order chi connectivity index (χ1) is 14.7. The number of benzene rings is 1. The monoisotopic (exact) mass is 555 g/mol. The summed E-state index contributed by atoms with van der Waals surface area (Å²) in [5, 5.41) is 11.7. The predicted molar refractivity (Wildman–Crippen MR) is 141 cm³/mol. The quantitative estimate of drug-likeness (QED) is 0.266. The van der Waals surface area contributed by atoms with Crippen LogP contribution in [0.3, 0.4) is 0 Å². The summed E-state index contributed by atoms with van der Waals surface area (Å²) < 4.78 is 0. The van der Waals surface area contributed by atoms with Crippen LogP contribution < -0.4 is 16.0 Å². The van der Waals surface area contributed by atoms with E-state index < -0.39 is 0 Å². The van der Waals surface area contributed by atoms with Crippen molar-refractivity contribution < 1.29 is 4.79 Å². The van der Waals surface area contributed by atoms with Gasteiger partial charge in [-0.05, 0) is 60.9 Å². The third kappa shape index (κ3) is 8.42. The van der Waals surface area contributed by atoms with Crippen LogP contribution in [-0.4, -0.2) is 57.0 Å². The number of carbonyl (C=O) groups is 1. The Morgan fingerprint density at radius 2 is 2.13 bits per heavy atom. The summed E-state index contributed by atoms with van der Waals surface area (Å²) in [4.78, 5) is 20.2. The van der Waals surface area contributed by atoms with Crippen LogP contribution >= 0.6 is 35.3 Å². The smallest absolute Gasteiger partial charge is 0.251 e. The largest absolute Gasteiger partial charge is 0.356 e. The summed E-state index contributed by atoms with van der Waals surface area (Å²) in [5.74, 6) is 1.43. The fourth-order valence-electron chi connectivity index (χ4n) is 3.88. The molecule has 1 aliphatic rings. The number of thiophene rings is 1. The maximum absolute atomic E-state index is 11.8. The molecule has 0 saturated carbocycles. The lowest BCUT2D eigenvalue weighted by Gasteiger charge is -2.32. The van der Waals surface area contributed by atoms with Gasteiger partial charge in [-0.2, -0.15) is 0 Å². The first-order valence-corrected chi connectivity index (χ1v) is 11.6. The van der Waals surface area contributed by atoms with Crippen molar-refractivity contribution in [3.8, 4) is 0 Å². The van der Waals surface area contributed by atoms with Crippen molar-refractivity contribution in [2.24, 2.45) is 10.9 Å². The highest BCUT2D eigenvalue weighted by molar-refractivity contribution is 14.0. The van der Waals surface area contributed by atoms with E-state index in [1.165, 1.54) is 24.3 Å². The van der Waals surface area contributed by atoms with E-state index in [1.54, 1.807) is 7.05 Å². The Balaban J connectivity index is 0.00000341. The van der Waals surface area contributed by atoms with E-state index in [9.17, 15) is 4.79 Å². The number of amides is 1. The minimum absolute atomic E-state index is 0. The first-order valence-electron chi connectivity index (χ1n) is 10.7. The third-order valence-corrected chi connectivity index (χ3v) is 6.33. The standard InChI is InChI=1S/C23H33N5OS.HI/c1-24-22(29)20-8-3-6-18(14-20)10-11-26-23(25-2)27-15-19-7-4-12-28(16-19)17-21-9-5-13-30-21;/h3,5-6,8-9,13-14,19H,4,7,10-12,15-17H2,1-2H3,(H,24,29)(H2,25,26,27);1H. The Morgan fingerprint density at radius 1 is 1.26 bits per heavy atom. The number of nitrogens with zero attached hydrogens (tertiary/aromatic N) is 2. The number of hydrogen-bond acceptors (Lipinski definition) is 4. The Labute approximate surface area is 206 Å². The number of aliphatic imine (C=N–C) groups is 1. The number of carbonyl (C=O) groups excluding carboxylic acids is 1. The molecule has 3 rings (SSSR count). The summed E-state index contributed by atoms with van der Waals surface area (Å²) in [7, 11) is 3.46. The fourth-order valence-corrected chi connectivity index (χ4v) is 4.63. The molecule has 6 nitrogen and oxygen atoms in total. The summed E-state index contributed by atoms with van der Waals surface area (Å²) in [6.07, 6.45) is 3.35. The molecule has 0 bridgehead atoms. The highest BCUT2D eigenvalue weighted by Gasteiger charge is 2.20. The van der Waals surface area contributed by atoms with Crippen molar-refractivity contribution in [3.05, 3.63) is 57.8 Å². The molecule has 1 atom stereocenters. The van der Waals surface area contributed by atoms with Gasteiger partial charge in [0.25, 0.3) is 5.91 Å². The van der Waals surface area contributed by atoms with Gasteiger partial charge in [0.05, 0.1) is 0 Å². The minimum atomic E-state index is -0.0529. The number of hydrogen-bond donors (Lipinski definition) is 3. The molecule has 0 spiro atoms. The van der Waals surface area contributed by atoms with Gasteiger partial charge in [-0.1, -0.05) is 18.2 Å². The first kappa shape index (κ1) is 25.6. The lowest BCUT2D eigenvalue weighted by molar-refractivity contribution is 0.0963. The number of likely N-dealkylation sites (tertiary alicyclic amines) is 1. The molecule has 1 unspecified atom stereocenters. The zero-order valence-corrected chi connectivity index (χ0v) is 21.5. The van der Waals surface area contributed by atoms with E-state index in [4.69, 9.17) is 0 Å². The maximum atomic E-state index is 11.8. The van der Waals surface area contributed by atoms with Gasteiger partial charge in [-0.25, -0.2) is 0 Å². The second-order valence-corrected chi connectivity index (χ2v) is 8.76. The number of rotatable bonds is 8. The van der Waals surface area contributed by atoms with Crippen molar-refractivity contribution in [3.63, 3.8) is 0 Å². The average molecular weight is 556 g/mol. The van der Waals surface area contributed by atoms with Crippen LogP contribution in [0, 0.1) is 5.92 Å². The number of piperidine rings is 1. The van der Waals surface area contributed by atoms with Crippen LogP contribution in [0.5, 0.6) is 0 Å². The molecule has 170 valence electrons. The van der Waals surface area contributed by atoms with Crippen LogP contribution in [-0.2, 0) is 13.0 Å². The predicted octanol–water partition coefficient (Wildman–Crippen LogP) is 3.35. The van der Waals surface area contributed by atoms with Crippen molar-refractivity contribution in [1.82, 2.24) is 20.9 Å². The van der Waals surface area contributed by atoms with Gasteiger partial charge in [-0.3, -0.25) is 14.7 Å². The summed E-state index contributed by atoms with van der Waals surface area (Å²) in [5.41, 5.74) is 1.83. The molecule has 2 heterocycles. The van der Waals surface area contributed by atoms with Gasteiger partial charge in [0.1, 0.15) is 0 Å². The van der Waals surface area contributed by atoms with E-state index in [2.05, 4.69) is 49.4 Å². The average Bonchev–Trinajstić information content (AvgIpc) is 3.29. The lowest BCUT2D eigenvalue weighted by Crippen LogP contribution is -2.44. The van der Waals surface area contributed by atoms with Gasteiger partial charge in [-0.15, -0.1) is 35.3 Å². The summed E-state index contributed by atoms with van der Waals surface area (Å²) in [6, 6.07) is 12.1. The van der Waals surface area contributed by atoms with E-state index in [1.807, 2.05) is 36.6 Å². The van der Waals surface area contributed by atoms with E-state index in [-0.39, 0.29) is 29.9 Å². The fraction of sp³-hybridized carbons (Fsp3) is 0.478. The summed E-state index contributed by atoms with van der Waals surface area (Å²) in [6.45, 7) is 5.10. The molecule has 8 heteroatoms. The van der Waals surface area contributed by atoms with Crippen LogP contribution in [0.2, 0.25) is 0 Å². The molecule has 1 aromatic heterocycles. The second-order valence-electron chi connectivity index (χ2n) is 7.73. The zero-order valence-electron chi connectivity index (χ0n) is 18.4. The normalized spacial score (nSPS) is 17.0. The molecule has 0 aliphatic carbocycles. The maximum Gasteiger partial charge on any atom is 0.251 e. The number of halogens is 1. The van der Waals surface area contributed by atoms with Crippen molar-refractivity contribution in [1.29, 1.82) is 0 Å². The Bertz CT molecular complexity index is 827. The Kier molecular flexibility index (Phi) is 11.3. The van der Waals surface area contributed by atoms with Crippen LogP contribution in [0.15, 0.2) is 46.8 Å². The van der Waals surface area contributed by atoms with Crippen molar-refractivity contribution >= 4 is 47.2 Å². The molecule has 31 heavy (non-hydrogen) atoms. The number of guanidine groups is 1.